The van der Waals surface area contributed by atoms with E-state index in [1.54, 1.807) is 6.20 Å². The molecule has 1 fully saturated rings. The highest BCUT2D eigenvalue weighted by Crippen LogP contribution is 2.26. The maximum atomic E-state index is 8.19. The molecule has 0 radical (unpaired) electrons. The molecule has 0 atom stereocenters. The van der Waals surface area contributed by atoms with Crippen molar-refractivity contribution in [3.8, 4) is 0 Å². The number of rotatable bonds is 3. The molecule has 2 aliphatic rings. The third-order valence-corrected chi connectivity index (χ3v) is 3.79. The van der Waals surface area contributed by atoms with Gasteiger partial charge in [0.25, 0.3) is 0 Å². The van der Waals surface area contributed by atoms with E-state index in [2.05, 4.69) is 16.9 Å². The van der Waals surface area contributed by atoms with Crippen LogP contribution < -0.4 is 21.5 Å². The van der Waals surface area contributed by atoms with E-state index in [0.29, 0.717) is 17.6 Å². The molecule has 1 aliphatic heterocycles. The standard InChI is InChI=1S/C14H18N6/c1-9-4-3-5-11(9)12-6-18-14(13(15)20(12)16)19-7-10(8-19)17-2/h3-6,10,15,17H,1,7-8,16H2,2H3. The van der Waals surface area contributed by atoms with E-state index < -0.39 is 0 Å². The molecule has 104 valence electrons. The summed E-state index contributed by atoms with van der Waals surface area (Å²) in [7, 11) is 1.94. The summed E-state index contributed by atoms with van der Waals surface area (Å²) in [6.45, 7) is 5.66. The number of aromatic nitrogens is 2. The Hall–Kier alpha value is -2.34. The van der Waals surface area contributed by atoms with Crippen molar-refractivity contribution in [2.45, 2.75) is 6.04 Å². The molecule has 0 bridgehead atoms. The van der Waals surface area contributed by atoms with Gasteiger partial charge in [-0.2, -0.15) is 0 Å². The zero-order valence-corrected chi connectivity index (χ0v) is 11.4. The molecule has 3 rings (SSSR count). The van der Waals surface area contributed by atoms with Gasteiger partial charge in [-0.1, -0.05) is 24.8 Å². The number of anilines is 1. The molecule has 0 unspecified atom stereocenters. The monoisotopic (exact) mass is 270 g/mol. The topological polar surface area (TPSA) is 83.0 Å². The van der Waals surface area contributed by atoms with Gasteiger partial charge in [0, 0.05) is 24.7 Å². The van der Waals surface area contributed by atoms with Gasteiger partial charge in [-0.3, -0.25) is 5.41 Å². The molecule has 0 aromatic carbocycles. The van der Waals surface area contributed by atoms with Gasteiger partial charge in [-0.25, -0.2) is 9.66 Å². The second-order valence-electron chi connectivity index (χ2n) is 5.04. The first-order valence-electron chi connectivity index (χ1n) is 6.53. The molecule has 0 spiro atoms. The molecule has 2 heterocycles. The molecular weight excluding hydrogens is 252 g/mol. The maximum absolute atomic E-state index is 8.19. The van der Waals surface area contributed by atoms with Crippen molar-refractivity contribution in [1.82, 2.24) is 15.0 Å². The van der Waals surface area contributed by atoms with Gasteiger partial charge in [-0.15, -0.1) is 0 Å². The van der Waals surface area contributed by atoms with Gasteiger partial charge >= 0.3 is 0 Å². The zero-order valence-electron chi connectivity index (χ0n) is 11.4. The van der Waals surface area contributed by atoms with Crippen LogP contribution in [0.2, 0.25) is 0 Å². The lowest BCUT2D eigenvalue weighted by atomic mass is 10.1. The van der Waals surface area contributed by atoms with Crippen LogP contribution in [-0.2, 0) is 0 Å². The molecule has 6 heteroatoms. The number of likely N-dealkylation sites (N-methyl/N-ethyl adjacent to an activating group) is 1. The molecule has 0 saturated carbocycles. The number of hydrogen-bond acceptors (Lipinski definition) is 5. The number of nitrogens with two attached hydrogens (primary N) is 1. The van der Waals surface area contributed by atoms with Crippen LogP contribution in [0, 0.1) is 5.41 Å². The zero-order chi connectivity index (χ0) is 14.3. The third kappa shape index (κ3) is 1.85. The fraction of sp³-hybridized carbons (Fsp3) is 0.286. The molecule has 1 aliphatic carbocycles. The number of hydrogen-bond donors (Lipinski definition) is 3. The van der Waals surface area contributed by atoms with Crippen molar-refractivity contribution in [1.29, 1.82) is 5.41 Å². The highest BCUT2D eigenvalue weighted by Gasteiger charge is 2.28. The summed E-state index contributed by atoms with van der Waals surface area (Å²) in [6, 6.07) is 0.462. The van der Waals surface area contributed by atoms with Crippen molar-refractivity contribution in [3.63, 3.8) is 0 Å². The van der Waals surface area contributed by atoms with Crippen LogP contribution in [0.25, 0.3) is 5.57 Å². The largest absolute Gasteiger partial charge is 0.350 e. The van der Waals surface area contributed by atoms with E-state index in [1.165, 1.54) is 4.68 Å². The summed E-state index contributed by atoms with van der Waals surface area (Å²) in [5.74, 6) is 6.67. The third-order valence-electron chi connectivity index (χ3n) is 3.79. The summed E-state index contributed by atoms with van der Waals surface area (Å²) >= 11 is 0. The summed E-state index contributed by atoms with van der Waals surface area (Å²) in [6.07, 6.45) is 7.48. The molecule has 20 heavy (non-hydrogen) atoms. The van der Waals surface area contributed by atoms with Crippen LogP contribution in [-0.4, -0.2) is 35.8 Å². The van der Waals surface area contributed by atoms with E-state index in [-0.39, 0.29) is 5.49 Å². The average Bonchev–Trinajstić information content (AvgIpc) is 2.80. The highest BCUT2D eigenvalue weighted by molar-refractivity contribution is 5.83. The Balaban J connectivity index is 1.93. The number of nitrogens with one attached hydrogen (secondary N) is 2. The minimum Gasteiger partial charge on any atom is -0.350 e. The average molecular weight is 270 g/mol. The second-order valence-corrected chi connectivity index (χ2v) is 5.04. The van der Waals surface area contributed by atoms with E-state index in [9.17, 15) is 0 Å². The van der Waals surface area contributed by atoms with E-state index in [1.807, 2.05) is 30.2 Å². The van der Waals surface area contributed by atoms with E-state index in [4.69, 9.17) is 11.3 Å². The molecule has 1 aromatic heterocycles. The molecule has 6 nitrogen and oxygen atoms in total. The Morgan fingerprint density at radius 3 is 2.85 bits per heavy atom. The van der Waals surface area contributed by atoms with Crippen molar-refractivity contribution in [3.05, 3.63) is 47.8 Å². The normalized spacial score (nSPS) is 18.4. The number of allylic oxidation sites excluding steroid dienone is 5. The van der Waals surface area contributed by atoms with Crippen LogP contribution in [0.4, 0.5) is 5.82 Å². The van der Waals surface area contributed by atoms with Gasteiger partial charge in [0.05, 0.1) is 11.9 Å². The first-order valence-corrected chi connectivity index (χ1v) is 6.53. The lowest BCUT2D eigenvalue weighted by Crippen LogP contribution is -2.59. The number of nitrogens with zero attached hydrogens (tertiary/aromatic N) is 3. The molecule has 1 saturated heterocycles. The Kier molecular flexibility index (Phi) is 2.94. The smallest absolute Gasteiger partial charge is 0.187 e. The van der Waals surface area contributed by atoms with Crippen LogP contribution in [0.3, 0.4) is 0 Å². The van der Waals surface area contributed by atoms with Gasteiger partial charge in [0.15, 0.2) is 11.3 Å². The molecular formula is C14H18N6. The Morgan fingerprint density at radius 1 is 1.50 bits per heavy atom. The van der Waals surface area contributed by atoms with E-state index in [0.717, 1.165) is 24.2 Å². The van der Waals surface area contributed by atoms with Crippen LogP contribution >= 0.6 is 0 Å². The van der Waals surface area contributed by atoms with Crippen molar-refractivity contribution in [2.24, 2.45) is 0 Å². The minimum atomic E-state index is 0.220. The van der Waals surface area contributed by atoms with Crippen molar-refractivity contribution >= 4 is 11.4 Å². The summed E-state index contributed by atoms with van der Waals surface area (Å²) in [5, 5.41) is 11.4. The summed E-state index contributed by atoms with van der Waals surface area (Å²) < 4.78 is 1.37. The predicted octanol–water partition coefficient (Wildman–Crippen LogP) is -0.00623. The Labute approximate surface area is 117 Å². The summed E-state index contributed by atoms with van der Waals surface area (Å²) in [5.41, 5.74) is 2.73. The number of nitrogen functional groups attached to an aromatic ring is 1. The predicted molar refractivity (Wildman–Crippen MR) is 79.5 cm³/mol. The quantitative estimate of drug-likeness (QED) is 0.675. The van der Waals surface area contributed by atoms with Crippen LogP contribution in [0.5, 0.6) is 0 Å². The highest BCUT2D eigenvalue weighted by atomic mass is 15.3. The Morgan fingerprint density at radius 2 is 2.25 bits per heavy atom. The minimum absolute atomic E-state index is 0.220. The Bertz CT molecular complexity index is 675. The van der Waals surface area contributed by atoms with Gasteiger partial charge in [0.1, 0.15) is 0 Å². The van der Waals surface area contributed by atoms with Gasteiger partial charge in [-0.05, 0) is 12.6 Å². The summed E-state index contributed by atoms with van der Waals surface area (Å²) in [4.78, 5) is 6.46. The SMILES string of the molecule is C=C1C=CC=C1c1cnc(N2CC(NC)C2)c(=N)n1N. The lowest BCUT2D eigenvalue weighted by Gasteiger charge is -2.39. The lowest BCUT2D eigenvalue weighted by molar-refractivity contribution is 0.444. The van der Waals surface area contributed by atoms with Gasteiger partial charge in [0.2, 0.25) is 0 Å². The first kappa shape index (κ1) is 12.7. The second kappa shape index (κ2) is 4.64. The van der Waals surface area contributed by atoms with Gasteiger partial charge < -0.3 is 16.1 Å². The maximum Gasteiger partial charge on any atom is 0.187 e. The van der Waals surface area contributed by atoms with E-state index >= 15 is 0 Å². The molecule has 4 N–H and O–H groups in total. The van der Waals surface area contributed by atoms with Crippen molar-refractivity contribution < 1.29 is 0 Å². The fourth-order valence-electron chi connectivity index (χ4n) is 2.45. The molecule has 1 aromatic rings. The molecule has 0 amide bonds. The first-order chi connectivity index (χ1) is 9.61. The van der Waals surface area contributed by atoms with Crippen LogP contribution in [0.15, 0.2) is 36.6 Å². The van der Waals surface area contributed by atoms with Crippen molar-refractivity contribution in [2.75, 3.05) is 30.9 Å². The van der Waals surface area contributed by atoms with Crippen LogP contribution in [0.1, 0.15) is 5.69 Å². The fourth-order valence-corrected chi connectivity index (χ4v) is 2.45.